The van der Waals surface area contributed by atoms with E-state index < -0.39 is 0 Å². The molecule has 1 fully saturated rings. The normalized spacial score (nSPS) is 21.5. The Bertz CT molecular complexity index is 542. The van der Waals surface area contributed by atoms with Gasteiger partial charge in [-0.25, -0.2) is 0 Å². The van der Waals surface area contributed by atoms with E-state index in [0.29, 0.717) is 0 Å². The van der Waals surface area contributed by atoms with Crippen LogP contribution in [0, 0.1) is 5.92 Å². The third-order valence-electron chi connectivity index (χ3n) is 5.15. The quantitative estimate of drug-likeness (QED) is 0.796. The molecular weight excluding hydrogens is 304 g/mol. The molecule has 0 aromatic heterocycles. The third kappa shape index (κ3) is 4.21. The predicted molar refractivity (Wildman–Crippen MR) is 94.7 cm³/mol. The van der Waals surface area contributed by atoms with Crippen LogP contribution in [0.2, 0.25) is 0 Å². The van der Waals surface area contributed by atoms with E-state index in [9.17, 15) is 0 Å². The number of piperidine rings is 1. The van der Waals surface area contributed by atoms with Crippen LogP contribution in [0.1, 0.15) is 30.9 Å². The fourth-order valence-corrected chi connectivity index (χ4v) is 3.79. The van der Waals surface area contributed by atoms with Gasteiger partial charge in [0.25, 0.3) is 0 Å². The van der Waals surface area contributed by atoms with Crippen molar-refractivity contribution in [3.63, 3.8) is 0 Å². The number of ether oxygens (including phenoxy) is 2. The lowest BCUT2D eigenvalue weighted by atomic mass is 9.96. The second-order valence-corrected chi connectivity index (χ2v) is 7.05. The molecule has 1 aromatic carbocycles. The van der Waals surface area contributed by atoms with E-state index in [4.69, 9.17) is 14.6 Å². The first kappa shape index (κ1) is 17.5. The monoisotopic (exact) mass is 334 g/mol. The number of rotatable bonds is 7. The van der Waals surface area contributed by atoms with Crippen molar-refractivity contribution in [1.82, 2.24) is 10.2 Å². The van der Waals surface area contributed by atoms with Crippen molar-refractivity contribution >= 4 is 0 Å². The average Bonchev–Trinajstić information content (AvgIpc) is 2.97. The minimum absolute atomic E-state index is 0.252. The van der Waals surface area contributed by atoms with Gasteiger partial charge in [0.1, 0.15) is 17.6 Å². The number of methoxy groups -OCH3 is 1. The van der Waals surface area contributed by atoms with Gasteiger partial charge < -0.3 is 24.8 Å². The van der Waals surface area contributed by atoms with Crippen molar-refractivity contribution in [2.75, 3.05) is 39.9 Å². The molecule has 24 heavy (non-hydrogen) atoms. The maximum absolute atomic E-state index is 9.01. The molecule has 5 heteroatoms. The molecule has 0 saturated carbocycles. The van der Waals surface area contributed by atoms with Crippen molar-refractivity contribution in [2.24, 2.45) is 5.92 Å². The first-order valence-corrected chi connectivity index (χ1v) is 9.10. The first-order valence-electron chi connectivity index (χ1n) is 9.10. The number of fused-ring (bicyclic) bond motifs is 1. The van der Waals surface area contributed by atoms with Crippen LogP contribution in [0.15, 0.2) is 12.1 Å². The van der Waals surface area contributed by atoms with Crippen LogP contribution in [-0.2, 0) is 13.0 Å². The van der Waals surface area contributed by atoms with Gasteiger partial charge in [0.05, 0.1) is 13.7 Å². The van der Waals surface area contributed by atoms with Gasteiger partial charge in [0.2, 0.25) is 0 Å². The molecule has 2 aliphatic heterocycles. The second-order valence-electron chi connectivity index (χ2n) is 7.05. The van der Waals surface area contributed by atoms with Crippen LogP contribution in [0.25, 0.3) is 0 Å². The molecule has 2 aliphatic rings. The molecule has 1 aromatic rings. The molecular formula is C19H30N2O3. The lowest BCUT2D eigenvalue weighted by Crippen LogP contribution is -2.38. The number of hydrogen-bond acceptors (Lipinski definition) is 5. The zero-order valence-corrected chi connectivity index (χ0v) is 14.9. The molecule has 0 aliphatic carbocycles. The highest BCUT2D eigenvalue weighted by Gasteiger charge is 2.24. The minimum Gasteiger partial charge on any atom is -0.497 e. The van der Waals surface area contributed by atoms with Crippen molar-refractivity contribution in [3.05, 3.63) is 23.3 Å². The van der Waals surface area contributed by atoms with Gasteiger partial charge in [-0.3, -0.25) is 0 Å². The second kappa shape index (κ2) is 8.19. The van der Waals surface area contributed by atoms with Crippen LogP contribution >= 0.6 is 0 Å². The van der Waals surface area contributed by atoms with E-state index >= 15 is 0 Å². The summed E-state index contributed by atoms with van der Waals surface area (Å²) >= 11 is 0. The molecule has 2 heterocycles. The molecule has 1 unspecified atom stereocenters. The summed E-state index contributed by atoms with van der Waals surface area (Å²) in [5, 5.41) is 12.6. The average molecular weight is 334 g/mol. The number of benzene rings is 1. The summed E-state index contributed by atoms with van der Waals surface area (Å²) in [6.45, 7) is 7.25. The van der Waals surface area contributed by atoms with Crippen molar-refractivity contribution in [3.8, 4) is 11.5 Å². The van der Waals surface area contributed by atoms with Crippen LogP contribution in [0.4, 0.5) is 0 Å². The Morgan fingerprint density at radius 2 is 2.12 bits per heavy atom. The maximum atomic E-state index is 9.01. The molecule has 1 saturated heterocycles. The van der Waals surface area contributed by atoms with E-state index in [1.54, 1.807) is 7.11 Å². The Balaban J connectivity index is 1.51. The maximum Gasteiger partial charge on any atom is 0.127 e. The smallest absolute Gasteiger partial charge is 0.127 e. The van der Waals surface area contributed by atoms with Crippen LogP contribution in [-0.4, -0.2) is 56.0 Å². The van der Waals surface area contributed by atoms with Gasteiger partial charge in [-0.2, -0.15) is 0 Å². The first-order chi connectivity index (χ1) is 11.7. The molecule has 0 amide bonds. The minimum atomic E-state index is 0.252. The zero-order chi connectivity index (χ0) is 16.9. The summed E-state index contributed by atoms with van der Waals surface area (Å²) in [6.07, 6.45) is 3.62. The number of aliphatic hydroxyl groups is 1. The van der Waals surface area contributed by atoms with Gasteiger partial charge in [-0.05, 0) is 57.5 Å². The summed E-state index contributed by atoms with van der Waals surface area (Å²) in [5.41, 5.74) is 2.46. The number of β-amino-alcohol motifs (C(OH)–C–C–N with tert-alkyl or cyclic N) is 1. The molecule has 0 spiro atoms. The molecule has 0 bridgehead atoms. The van der Waals surface area contributed by atoms with Gasteiger partial charge in [0, 0.05) is 30.6 Å². The fraction of sp³-hybridized carbons (Fsp3) is 0.684. The highest BCUT2D eigenvalue weighted by Crippen LogP contribution is 2.36. The van der Waals surface area contributed by atoms with Gasteiger partial charge in [-0.1, -0.05) is 0 Å². The van der Waals surface area contributed by atoms with Crippen molar-refractivity contribution < 1.29 is 14.6 Å². The topological polar surface area (TPSA) is 54.0 Å². The van der Waals surface area contributed by atoms with Crippen LogP contribution in [0.3, 0.4) is 0 Å². The summed E-state index contributed by atoms with van der Waals surface area (Å²) in [7, 11) is 1.72. The van der Waals surface area contributed by atoms with Crippen molar-refractivity contribution in [2.45, 2.75) is 38.8 Å². The Morgan fingerprint density at radius 3 is 2.83 bits per heavy atom. The van der Waals surface area contributed by atoms with E-state index in [1.165, 1.54) is 24.0 Å². The molecule has 3 rings (SSSR count). The van der Waals surface area contributed by atoms with E-state index in [0.717, 1.165) is 56.6 Å². The third-order valence-corrected chi connectivity index (χ3v) is 5.15. The highest BCUT2D eigenvalue weighted by atomic mass is 16.5. The summed E-state index contributed by atoms with van der Waals surface area (Å²) < 4.78 is 11.4. The van der Waals surface area contributed by atoms with Gasteiger partial charge in [0.15, 0.2) is 0 Å². The van der Waals surface area contributed by atoms with E-state index in [-0.39, 0.29) is 12.7 Å². The number of nitrogens with one attached hydrogen (secondary N) is 1. The Kier molecular flexibility index (Phi) is 5.98. The lowest BCUT2D eigenvalue weighted by Gasteiger charge is -2.31. The zero-order valence-electron chi connectivity index (χ0n) is 14.9. The summed E-state index contributed by atoms with van der Waals surface area (Å²) in [4.78, 5) is 2.35. The lowest BCUT2D eigenvalue weighted by molar-refractivity contribution is 0.146. The van der Waals surface area contributed by atoms with E-state index in [1.807, 2.05) is 0 Å². The number of aliphatic hydroxyl groups excluding tert-OH is 1. The molecule has 5 nitrogen and oxygen atoms in total. The van der Waals surface area contributed by atoms with Gasteiger partial charge >= 0.3 is 0 Å². The summed E-state index contributed by atoms with van der Waals surface area (Å²) in [5.74, 6) is 2.69. The molecule has 0 radical (unpaired) electrons. The van der Waals surface area contributed by atoms with Crippen LogP contribution in [0.5, 0.6) is 11.5 Å². The number of likely N-dealkylation sites (tertiary alicyclic amines) is 1. The largest absolute Gasteiger partial charge is 0.497 e. The standard InChI is InChI=1S/C19H30N2O3/c1-14-9-16-10-18(23-2)11-17(19(16)24-14)13-20-12-15-3-5-21(6-4-15)7-8-22/h10-11,14-15,20,22H,3-9,12-13H2,1-2H3. The van der Waals surface area contributed by atoms with Gasteiger partial charge in [-0.15, -0.1) is 0 Å². The Morgan fingerprint density at radius 1 is 1.33 bits per heavy atom. The van der Waals surface area contributed by atoms with Crippen LogP contribution < -0.4 is 14.8 Å². The Hall–Kier alpha value is -1.30. The predicted octanol–water partition coefficient (Wildman–Crippen LogP) is 1.81. The molecule has 134 valence electrons. The fourth-order valence-electron chi connectivity index (χ4n) is 3.79. The Labute approximate surface area is 144 Å². The SMILES string of the molecule is COc1cc(CNCC2CCN(CCO)CC2)c2c(c1)CC(C)O2. The summed E-state index contributed by atoms with van der Waals surface area (Å²) in [6, 6.07) is 4.19. The molecule has 2 N–H and O–H groups in total. The number of nitrogens with zero attached hydrogens (tertiary/aromatic N) is 1. The van der Waals surface area contributed by atoms with Crippen molar-refractivity contribution in [1.29, 1.82) is 0 Å². The number of hydrogen-bond donors (Lipinski definition) is 2. The highest BCUT2D eigenvalue weighted by molar-refractivity contribution is 5.49. The van der Waals surface area contributed by atoms with E-state index in [2.05, 4.69) is 29.3 Å². The molecule has 1 atom stereocenters.